The van der Waals surface area contributed by atoms with E-state index in [9.17, 15) is 5.11 Å². The molecule has 1 aliphatic heterocycles. The fraction of sp³-hybridized carbons (Fsp3) is 1.00. The molecule has 0 aromatic rings. The van der Waals surface area contributed by atoms with Crippen LogP contribution in [0, 0.1) is 11.8 Å². The van der Waals surface area contributed by atoms with Crippen LogP contribution in [0.5, 0.6) is 0 Å². The first kappa shape index (κ1) is 11.4. The van der Waals surface area contributed by atoms with E-state index in [4.69, 9.17) is 4.74 Å². The second kappa shape index (κ2) is 4.42. The minimum Gasteiger partial charge on any atom is -0.390 e. The molecule has 1 unspecified atom stereocenters. The van der Waals surface area contributed by atoms with Gasteiger partial charge in [0.1, 0.15) is 0 Å². The van der Waals surface area contributed by atoms with Crippen molar-refractivity contribution in [3.63, 3.8) is 0 Å². The topological polar surface area (TPSA) is 29.5 Å². The third-order valence-corrected chi connectivity index (χ3v) is 4.18. The van der Waals surface area contributed by atoms with Gasteiger partial charge in [0.2, 0.25) is 0 Å². The summed E-state index contributed by atoms with van der Waals surface area (Å²) in [6.07, 6.45) is 6.87. The summed E-state index contributed by atoms with van der Waals surface area (Å²) in [6.45, 7) is 5.44. The van der Waals surface area contributed by atoms with Crippen LogP contribution in [0.3, 0.4) is 0 Å². The summed E-state index contributed by atoms with van der Waals surface area (Å²) in [4.78, 5) is 0. The van der Waals surface area contributed by atoms with Crippen LogP contribution in [0.4, 0.5) is 0 Å². The average molecular weight is 212 g/mol. The van der Waals surface area contributed by atoms with E-state index in [-0.39, 0.29) is 5.60 Å². The summed E-state index contributed by atoms with van der Waals surface area (Å²) in [5.41, 5.74) is -0.346. The molecule has 0 amide bonds. The SMILES string of the molecule is CC(C)C1CC(O)(CCC2CCCO2)C1. The van der Waals surface area contributed by atoms with Crippen molar-refractivity contribution in [1.82, 2.24) is 0 Å². The predicted molar refractivity (Wildman–Crippen MR) is 60.7 cm³/mol. The van der Waals surface area contributed by atoms with E-state index in [1.165, 1.54) is 12.8 Å². The lowest BCUT2D eigenvalue weighted by Crippen LogP contribution is -2.46. The van der Waals surface area contributed by atoms with Gasteiger partial charge in [0, 0.05) is 6.61 Å². The Morgan fingerprint density at radius 2 is 2.13 bits per heavy atom. The second-order valence-corrected chi connectivity index (χ2v) is 5.81. The molecule has 1 heterocycles. The van der Waals surface area contributed by atoms with Gasteiger partial charge in [0.25, 0.3) is 0 Å². The van der Waals surface area contributed by atoms with Gasteiger partial charge in [-0.2, -0.15) is 0 Å². The van der Waals surface area contributed by atoms with E-state index in [1.807, 2.05) is 0 Å². The Bertz CT molecular complexity index is 201. The highest BCUT2D eigenvalue weighted by atomic mass is 16.5. The smallest absolute Gasteiger partial charge is 0.0654 e. The van der Waals surface area contributed by atoms with Crippen molar-refractivity contribution in [2.75, 3.05) is 6.61 Å². The van der Waals surface area contributed by atoms with Crippen molar-refractivity contribution in [2.24, 2.45) is 11.8 Å². The van der Waals surface area contributed by atoms with Crippen LogP contribution in [0.25, 0.3) is 0 Å². The third-order valence-electron chi connectivity index (χ3n) is 4.18. The Morgan fingerprint density at radius 1 is 1.40 bits per heavy atom. The molecule has 0 radical (unpaired) electrons. The maximum absolute atomic E-state index is 10.2. The van der Waals surface area contributed by atoms with Gasteiger partial charge in [-0.15, -0.1) is 0 Å². The van der Waals surface area contributed by atoms with E-state index in [0.29, 0.717) is 6.10 Å². The third kappa shape index (κ3) is 2.73. The number of ether oxygens (including phenoxy) is 1. The lowest BCUT2D eigenvalue weighted by molar-refractivity contribution is -0.0989. The molecule has 88 valence electrons. The van der Waals surface area contributed by atoms with Crippen molar-refractivity contribution in [1.29, 1.82) is 0 Å². The Labute approximate surface area is 93.0 Å². The lowest BCUT2D eigenvalue weighted by Gasteiger charge is -2.46. The first-order valence-corrected chi connectivity index (χ1v) is 6.43. The Hall–Kier alpha value is -0.0800. The lowest BCUT2D eigenvalue weighted by atomic mass is 9.64. The molecule has 2 nitrogen and oxygen atoms in total. The largest absolute Gasteiger partial charge is 0.390 e. The average Bonchev–Trinajstić information content (AvgIpc) is 2.62. The van der Waals surface area contributed by atoms with Crippen LogP contribution in [0.1, 0.15) is 52.4 Å². The first-order chi connectivity index (χ1) is 7.09. The molecule has 2 fully saturated rings. The molecule has 1 aliphatic carbocycles. The van der Waals surface area contributed by atoms with Gasteiger partial charge in [-0.3, -0.25) is 0 Å². The number of hydrogen-bond acceptors (Lipinski definition) is 2. The van der Waals surface area contributed by atoms with Crippen LogP contribution >= 0.6 is 0 Å². The molecule has 1 saturated carbocycles. The van der Waals surface area contributed by atoms with E-state index in [1.54, 1.807) is 0 Å². The highest BCUT2D eigenvalue weighted by Crippen LogP contribution is 2.45. The summed E-state index contributed by atoms with van der Waals surface area (Å²) in [5.74, 6) is 1.48. The van der Waals surface area contributed by atoms with Gasteiger partial charge in [-0.1, -0.05) is 13.8 Å². The van der Waals surface area contributed by atoms with Crippen molar-refractivity contribution >= 4 is 0 Å². The van der Waals surface area contributed by atoms with Gasteiger partial charge in [0.05, 0.1) is 11.7 Å². The molecular weight excluding hydrogens is 188 g/mol. The molecule has 1 saturated heterocycles. The molecule has 15 heavy (non-hydrogen) atoms. The van der Waals surface area contributed by atoms with Crippen LogP contribution in [-0.2, 0) is 4.74 Å². The summed E-state index contributed by atoms with van der Waals surface area (Å²) >= 11 is 0. The summed E-state index contributed by atoms with van der Waals surface area (Å²) in [6, 6.07) is 0. The Kier molecular flexibility index (Phi) is 3.36. The molecule has 0 aromatic carbocycles. The van der Waals surface area contributed by atoms with Gasteiger partial charge in [0.15, 0.2) is 0 Å². The van der Waals surface area contributed by atoms with Crippen molar-refractivity contribution in [3.05, 3.63) is 0 Å². The summed E-state index contributed by atoms with van der Waals surface area (Å²) in [5, 5.41) is 10.2. The molecule has 0 spiro atoms. The molecule has 2 aliphatic rings. The number of aliphatic hydroxyl groups is 1. The molecule has 0 aromatic heterocycles. The minimum atomic E-state index is -0.346. The fourth-order valence-electron chi connectivity index (χ4n) is 2.89. The maximum Gasteiger partial charge on any atom is 0.0654 e. The monoisotopic (exact) mass is 212 g/mol. The van der Waals surface area contributed by atoms with E-state index in [0.717, 1.165) is 44.1 Å². The minimum absolute atomic E-state index is 0.346. The highest BCUT2D eigenvalue weighted by molar-refractivity contribution is 4.95. The predicted octanol–water partition coefficient (Wildman–Crippen LogP) is 2.74. The second-order valence-electron chi connectivity index (χ2n) is 5.81. The Morgan fingerprint density at radius 3 is 2.67 bits per heavy atom. The van der Waals surface area contributed by atoms with Gasteiger partial charge < -0.3 is 9.84 Å². The highest BCUT2D eigenvalue weighted by Gasteiger charge is 2.43. The molecule has 1 N–H and O–H groups in total. The van der Waals surface area contributed by atoms with E-state index < -0.39 is 0 Å². The van der Waals surface area contributed by atoms with Crippen LogP contribution in [0.15, 0.2) is 0 Å². The van der Waals surface area contributed by atoms with E-state index in [2.05, 4.69) is 13.8 Å². The number of rotatable bonds is 4. The van der Waals surface area contributed by atoms with Crippen LogP contribution in [0.2, 0.25) is 0 Å². The van der Waals surface area contributed by atoms with Gasteiger partial charge in [-0.25, -0.2) is 0 Å². The normalized spacial score (nSPS) is 40.8. The van der Waals surface area contributed by atoms with Crippen LogP contribution < -0.4 is 0 Å². The molecule has 1 atom stereocenters. The molecule has 2 heteroatoms. The van der Waals surface area contributed by atoms with Crippen LogP contribution in [-0.4, -0.2) is 23.4 Å². The van der Waals surface area contributed by atoms with Gasteiger partial charge >= 0.3 is 0 Å². The zero-order valence-electron chi connectivity index (χ0n) is 10.0. The standard InChI is InChI=1S/C13H24O2/c1-10(2)11-8-13(14,9-11)6-5-12-4-3-7-15-12/h10-12,14H,3-9H2,1-2H3. The Balaban J connectivity index is 1.67. The maximum atomic E-state index is 10.2. The molecular formula is C13H24O2. The van der Waals surface area contributed by atoms with Crippen molar-refractivity contribution in [2.45, 2.75) is 64.1 Å². The zero-order valence-corrected chi connectivity index (χ0v) is 10.0. The van der Waals surface area contributed by atoms with E-state index >= 15 is 0 Å². The summed E-state index contributed by atoms with van der Waals surface area (Å²) < 4.78 is 5.58. The van der Waals surface area contributed by atoms with Gasteiger partial charge in [-0.05, 0) is 50.4 Å². The quantitative estimate of drug-likeness (QED) is 0.776. The van der Waals surface area contributed by atoms with Crippen molar-refractivity contribution in [3.8, 4) is 0 Å². The number of hydrogen-bond donors (Lipinski definition) is 1. The zero-order chi connectivity index (χ0) is 10.9. The molecule has 0 bridgehead atoms. The fourth-order valence-corrected chi connectivity index (χ4v) is 2.89. The first-order valence-electron chi connectivity index (χ1n) is 6.43. The van der Waals surface area contributed by atoms with Crippen molar-refractivity contribution < 1.29 is 9.84 Å². The summed E-state index contributed by atoms with van der Waals surface area (Å²) in [7, 11) is 0. The molecule has 2 rings (SSSR count).